The van der Waals surface area contributed by atoms with Crippen molar-refractivity contribution in [3.8, 4) is 0 Å². The number of halogens is 1. The predicted octanol–water partition coefficient (Wildman–Crippen LogP) is 3.55. The Morgan fingerprint density at radius 2 is 2.16 bits per heavy atom. The molecule has 1 N–H and O–H groups in total. The maximum absolute atomic E-state index is 12.0. The first-order valence-electron chi connectivity index (χ1n) is 11.2. The molecular formula is C23H33IN6O2. The second kappa shape index (κ2) is 11.1. The molecule has 9 heteroatoms. The maximum atomic E-state index is 12.0. The Bertz CT molecular complexity index is 944. The van der Waals surface area contributed by atoms with Gasteiger partial charge in [0.15, 0.2) is 11.8 Å². The van der Waals surface area contributed by atoms with Crippen molar-refractivity contribution in [2.75, 3.05) is 38.1 Å². The number of likely N-dealkylation sites (tertiary alicyclic amines) is 1. The van der Waals surface area contributed by atoms with Gasteiger partial charge in [-0.25, -0.2) is 0 Å². The number of guanidine groups is 1. The van der Waals surface area contributed by atoms with Gasteiger partial charge in [0.2, 0.25) is 11.8 Å². The summed E-state index contributed by atoms with van der Waals surface area (Å²) >= 11 is 0. The zero-order valence-electron chi connectivity index (χ0n) is 19.1. The molecule has 0 aliphatic carbocycles. The number of nitrogens with one attached hydrogen (secondary N) is 1. The van der Waals surface area contributed by atoms with Crippen molar-refractivity contribution in [2.24, 2.45) is 4.99 Å². The molecule has 1 aromatic heterocycles. The van der Waals surface area contributed by atoms with E-state index in [-0.39, 0.29) is 29.9 Å². The van der Waals surface area contributed by atoms with E-state index in [2.05, 4.69) is 63.5 Å². The Morgan fingerprint density at radius 1 is 1.34 bits per heavy atom. The molecule has 0 radical (unpaired) electrons. The molecule has 32 heavy (non-hydrogen) atoms. The van der Waals surface area contributed by atoms with Crippen molar-refractivity contribution < 1.29 is 9.32 Å². The van der Waals surface area contributed by atoms with Crippen LogP contribution in [-0.2, 0) is 11.2 Å². The quantitative estimate of drug-likeness (QED) is 0.321. The summed E-state index contributed by atoms with van der Waals surface area (Å²) in [6.07, 6.45) is 3.30. The van der Waals surface area contributed by atoms with Crippen molar-refractivity contribution in [3.63, 3.8) is 0 Å². The Labute approximate surface area is 206 Å². The number of aliphatic imine (C=N–C) groups is 1. The fourth-order valence-corrected chi connectivity index (χ4v) is 4.38. The van der Waals surface area contributed by atoms with Crippen molar-refractivity contribution >= 4 is 41.5 Å². The van der Waals surface area contributed by atoms with Crippen LogP contribution in [0.4, 0.5) is 5.69 Å². The van der Waals surface area contributed by atoms with E-state index in [0.717, 1.165) is 44.3 Å². The Hall–Kier alpha value is -2.17. The van der Waals surface area contributed by atoms with Gasteiger partial charge in [-0.1, -0.05) is 37.2 Å². The minimum absolute atomic E-state index is 0. The lowest BCUT2D eigenvalue weighted by molar-refractivity contribution is -0.127. The molecule has 0 bridgehead atoms. The third kappa shape index (κ3) is 5.41. The molecular weight excluding hydrogens is 519 g/mol. The van der Waals surface area contributed by atoms with E-state index in [0.29, 0.717) is 37.1 Å². The number of fused-ring (bicyclic) bond motifs is 1. The minimum Gasteiger partial charge on any atom is -0.355 e. The standard InChI is InChI=1S/C23H32N6O2.HI/c1-16(2)22-26-20(31-27-22)10-12-25-23(24-3)29-15-17(18-7-4-5-8-19(18)29)11-14-28-13-6-9-21(28)30;/h4-5,7-8,16-17H,6,9-15H2,1-3H3,(H,24,25);1H. The zero-order chi connectivity index (χ0) is 21.8. The lowest BCUT2D eigenvalue weighted by Gasteiger charge is -2.23. The topological polar surface area (TPSA) is 86.9 Å². The van der Waals surface area contributed by atoms with Crippen LogP contribution in [0.5, 0.6) is 0 Å². The van der Waals surface area contributed by atoms with Gasteiger partial charge in [-0.15, -0.1) is 24.0 Å². The molecule has 8 nitrogen and oxygen atoms in total. The van der Waals surface area contributed by atoms with E-state index in [1.54, 1.807) is 0 Å². The summed E-state index contributed by atoms with van der Waals surface area (Å²) in [6, 6.07) is 8.51. The summed E-state index contributed by atoms with van der Waals surface area (Å²) in [6.45, 7) is 7.35. The molecule has 1 saturated heterocycles. The van der Waals surface area contributed by atoms with Crippen LogP contribution in [0, 0.1) is 0 Å². The molecule has 2 aromatic rings. The monoisotopic (exact) mass is 552 g/mol. The maximum Gasteiger partial charge on any atom is 0.228 e. The highest BCUT2D eigenvalue weighted by Crippen LogP contribution is 2.38. The van der Waals surface area contributed by atoms with Gasteiger partial charge >= 0.3 is 0 Å². The number of nitrogens with zero attached hydrogens (tertiary/aromatic N) is 5. The minimum atomic E-state index is 0. The second-order valence-corrected chi connectivity index (χ2v) is 8.56. The third-order valence-corrected chi connectivity index (χ3v) is 6.08. The Balaban J connectivity index is 0.00000289. The van der Waals surface area contributed by atoms with Crippen LogP contribution in [-0.4, -0.2) is 60.1 Å². The van der Waals surface area contributed by atoms with Gasteiger partial charge in [0.25, 0.3) is 0 Å². The summed E-state index contributed by atoms with van der Waals surface area (Å²) in [5, 5.41) is 7.47. The summed E-state index contributed by atoms with van der Waals surface area (Å²) in [7, 11) is 1.81. The smallest absolute Gasteiger partial charge is 0.228 e. The summed E-state index contributed by atoms with van der Waals surface area (Å²) < 4.78 is 5.34. The summed E-state index contributed by atoms with van der Waals surface area (Å²) in [5.41, 5.74) is 2.52. The van der Waals surface area contributed by atoms with Crippen LogP contribution in [0.1, 0.15) is 62.2 Å². The lowest BCUT2D eigenvalue weighted by atomic mass is 9.98. The average molecular weight is 552 g/mol. The van der Waals surface area contributed by atoms with E-state index in [1.807, 2.05) is 11.9 Å². The van der Waals surface area contributed by atoms with Crippen LogP contribution in [0.3, 0.4) is 0 Å². The molecule has 3 heterocycles. The van der Waals surface area contributed by atoms with E-state index < -0.39 is 0 Å². The number of amides is 1. The molecule has 174 valence electrons. The van der Waals surface area contributed by atoms with Crippen molar-refractivity contribution in [1.29, 1.82) is 0 Å². The normalized spacial score (nSPS) is 18.3. The fourth-order valence-electron chi connectivity index (χ4n) is 4.38. The number of para-hydroxylation sites is 1. The number of hydrogen-bond acceptors (Lipinski definition) is 5. The lowest BCUT2D eigenvalue weighted by Crippen LogP contribution is -2.42. The largest absolute Gasteiger partial charge is 0.355 e. The summed E-state index contributed by atoms with van der Waals surface area (Å²) in [4.78, 5) is 25.2. The van der Waals surface area contributed by atoms with Gasteiger partial charge in [0, 0.05) is 63.6 Å². The number of rotatable bonds is 7. The number of carbonyl (C=O) groups is 1. The molecule has 1 aromatic carbocycles. The van der Waals surface area contributed by atoms with Gasteiger partial charge in [-0.2, -0.15) is 4.98 Å². The number of aromatic nitrogens is 2. The first-order chi connectivity index (χ1) is 15.1. The molecule has 0 spiro atoms. The molecule has 1 fully saturated rings. The average Bonchev–Trinajstić information content (AvgIpc) is 3.49. The highest BCUT2D eigenvalue weighted by molar-refractivity contribution is 14.0. The number of carbonyl (C=O) groups excluding carboxylic acids is 1. The number of anilines is 1. The summed E-state index contributed by atoms with van der Waals surface area (Å²) in [5.74, 6) is 3.16. The fraction of sp³-hybridized carbons (Fsp3) is 0.565. The highest BCUT2D eigenvalue weighted by atomic mass is 127. The third-order valence-electron chi connectivity index (χ3n) is 6.08. The van der Waals surface area contributed by atoms with Crippen LogP contribution >= 0.6 is 24.0 Å². The predicted molar refractivity (Wildman–Crippen MR) is 136 cm³/mol. The van der Waals surface area contributed by atoms with Crippen LogP contribution in [0.25, 0.3) is 0 Å². The van der Waals surface area contributed by atoms with Crippen molar-refractivity contribution in [2.45, 2.75) is 51.4 Å². The SMILES string of the molecule is CN=C(NCCc1nc(C(C)C)no1)N1CC(CCN2CCCC2=O)c2ccccc21.I. The van der Waals surface area contributed by atoms with Gasteiger partial charge < -0.3 is 19.6 Å². The second-order valence-electron chi connectivity index (χ2n) is 8.56. The van der Waals surface area contributed by atoms with E-state index in [4.69, 9.17) is 4.52 Å². The number of hydrogen-bond donors (Lipinski definition) is 1. The Kier molecular flexibility index (Phi) is 8.50. The van der Waals surface area contributed by atoms with Gasteiger partial charge in [-0.05, 0) is 24.5 Å². The van der Waals surface area contributed by atoms with E-state index in [1.165, 1.54) is 11.3 Å². The van der Waals surface area contributed by atoms with Crippen LogP contribution in [0.15, 0.2) is 33.8 Å². The van der Waals surface area contributed by atoms with Crippen molar-refractivity contribution in [3.05, 3.63) is 41.5 Å². The first kappa shape index (κ1) is 24.5. The van der Waals surface area contributed by atoms with Crippen LogP contribution < -0.4 is 10.2 Å². The number of benzene rings is 1. The molecule has 1 unspecified atom stereocenters. The highest BCUT2D eigenvalue weighted by Gasteiger charge is 2.32. The van der Waals surface area contributed by atoms with Crippen LogP contribution in [0.2, 0.25) is 0 Å². The van der Waals surface area contributed by atoms with Crippen molar-refractivity contribution in [1.82, 2.24) is 20.4 Å². The molecule has 4 rings (SSSR count). The molecule has 2 aliphatic rings. The van der Waals surface area contributed by atoms with E-state index in [9.17, 15) is 4.79 Å². The molecule has 0 saturated carbocycles. The van der Waals surface area contributed by atoms with Gasteiger partial charge in [0.05, 0.1) is 0 Å². The molecule has 2 aliphatic heterocycles. The van der Waals surface area contributed by atoms with Gasteiger partial charge in [0.1, 0.15) is 0 Å². The molecule has 1 atom stereocenters. The van der Waals surface area contributed by atoms with Gasteiger partial charge in [-0.3, -0.25) is 9.79 Å². The van der Waals surface area contributed by atoms with E-state index >= 15 is 0 Å². The molecule has 1 amide bonds. The Morgan fingerprint density at radius 3 is 2.84 bits per heavy atom. The first-order valence-corrected chi connectivity index (χ1v) is 11.2. The zero-order valence-corrected chi connectivity index (χ0v) is 21.4.